The maximum absolute atomic E-state index is 4.06. The van der Waals surface area contributed by atoms with E-state index in [4.69, 9.17) is 0 Å². The van der Waals surface area contributed by atoms with Gasteiger partial charge >= 0.3 is 0 Å². The van der Waals surface area contributed by atoms with Crippen molar-refractivity contribution in [2.75, 3.05) is 19.6 Å². The molecule has 0 spiro atoms. The molecule has 2 nitrogen and oxygen atoms in total. The lowest BCUT2D eigenvalue weighted by Crippen LogP contribution is -2.34. The Kier molecular flexibility index (Phi) is 4.34. The van der Waals surface area contributed by atoms with Crippen molar-refractivity contribution in [1.29, 1.82) is 0 Å². The Labute approximate surface area is 98.7 Å². The molecule has 2 heteroatoms. The molecule has 16 heavy (non-hydrogen) atoms. The van der Waals surface area contributed by atoms with E-state index in [1.807, 2.05) is 12.4 Å². The van der Waals surface area contributed by atoms with Crippen LogP contribution in [0.5, 0.6) is 0 Å². The van der Waals surface area contributed by atoms with E-state index < -0.39 is 0 Å². The van der Waals surface area contributed by atoms with E-state index in [-0.39, 0.29) is 0 Å². The van der Waals surface area contributed by atoms with Crippen LogP contribution in [0.4, 0.5) is 0 Å². The first-order valence-corrected chi connectivity index (χ1v) is 6.46. The first kappa shape index (κ1) is 11.6. The Balaban J connectivity index is 1.77. The zero-order valence-corrected chi connectivity index (χ0v) is 10.2. The second-order valence-corrected chi connectivity index (χ2v) is 5.03. The fraction of sp³-hybridized carbons (Fsp3) is 0.643. The van der Waals surface area contributed by atoms with Gasteiger partial charge in [0.1, 0.15) is 0 Å². The average molecular weight is 218 g/mol. The summed E-state index contributed by atoms with van der Waals surface area (Å²) in [5.74, 6) is 0.750. The maximum Gasteiger partial charge on any atom is 0.0270 e. The van der Waals surface area contributed by atoms with E-state index >= 15 is 0 Å². The number of rotatable bonds is 4. The molecule has 0 amide bonds. The molecule has 0 N–H and O–H groups in total. The molecule has 1 atom stereocenters. The van der Waals surface area contributed by atoms with Gasteiger partial charge in [0.25, 0.3) is 0 Å². The van der Waals surface area contributed by atoms with E-state index in [1.165, 1.54) is 50.9 Å². The van der Waals surface area contributed by atoms with Crippen molar-refractivity contribution < 1.29 is 0 Å². The fourth-order valence-electron chi connectivity index (χ4n) is 2.57. The second kappa shape index (κ2) is 6.00. The van der Waals surface area contributed by atoms with Crippen LogP contribution in [0.3, 0.4) is 0 Å². The first-order chi connectivity index (χ1) is 7.84. The molecule has 0 radical (unpaired) electrons. The minimum atomic E-state index is 0.750. The van der Waals surface area contributed by atoms with E-state index in [9.17, 15) is 0 Å². The molecule has 0 saturated carbocycles. The van der Waals surface area contributed by atoms with Crippen LogP contribution >= 0.6 is 0 Å². The van der Waals surface area contributed by atoms with Gasteiger partial charge in [-0.1, -0.05) is 13.3 Å². The summed E-state index contributed by atoms with van der Waals surface area (Å²) in [6.45, 7) is 6.22. The van der Waals surface area contributed by atoms with Crippen molar-refractivity contribution in [2.45, 2.75) is 32.6 Å². The third-order valence-corrected chi connectivity index (χ3v) is 3.35. The van der Waals surface area contributed by atoms with Crippen molar-refractivity contribution >= 4 is 0 Å². The second-order valence-electron chi connectivity index (χ2n) is 5.03. The summed E-state index contributed by atoms with van der Waals surface area (Å²) in [5, 5.41) is 0. The van der Waals surface area contributed by atoms with Crippen LogP contribution in [0.15, 0.2) is 24.5 Å². The van der Waals surface area contributed by atoms with E-state index in [0.29, 0.717) is 0 Å². The predicted molar refractivity (Wildman–Crippen MR) is 67.4 cm³/mol. The summed E-state index contributed by atoms with van der Waals surface area (Å²) in [6.07, 6.45) is 9.17. The van der Waals surface area contributed by atoms with Gasteiger partial charge in [-0.05, 0) is 56.0 Å². The van der Waals surface area contributed by atoms with Crippen LogP contribution in [-0.2, 0) is 6.42 Å². The van der Waals surface area contributed by atoms with Gasteiger partial charge in [-0.3, -0.25) is 4.98 Å². The lowest BCUT2D eigenvalue weighted by atomic mass is 10.0. The molecule has 1 aliphatic heterocycles. The Hall–Kier alpha value is -0.890. The number of piperidine rings is 1. The van der Waals surface area contributed by atoms with Gasteiger partial charge in [-0.2, -0.15) is 0 Å². The molecule has 2 rings (SSSR count). The number of aromatic nitrogens is 1. The lowest BCUT2D eigenvalue weighted by Gasteiger charge is -2.29. The van der Waals surface area contributed by atoms with Crippen LogP contribution in [-0.4, -0.2) is 29.5 Å². The summed E-state index contributed by atoms with van der Waals surface area (Å²) in [6, 6.07) is 4.26. The molecule has 0 aromatic carbocycles. The molecule has 1 fully saturated rings. The first-order valence-electron chi connectivity index (χ1n) is 6.46. The van der Waals surface area contributed by atoms with E-state index in [2.05, 4.69) is 28.9 Å². The molecule has 88 valence electrons. The number of hydrogen-bond acceptors (Lipinski definition) is 2. The highest BCUT2D eigenvalue weighted by molar-refractivity contribution is 5.10. The minimum absolute atomic E-state index is 0.750. The molecule has 2 heterocycles. The highest BCUT2D eigenvalue weighted by atomic mass is 15.1. The third-order valence-electron chi connectivity index (χ3n) is 3.35. The SMILES string of the molecule is CC(Cc1ccncc1)CN1CCCCC1. The lowest BCUT2D eigenvalue weighted by molar-refractivity contribution is 0.200. The summed E-state index contributed by atoms with van der Waals surface area (Å²) in [7, 11) is 0. The Morgan fingerprint density at radius 3 is 2.56 bits per heavy atom. The number of hydrogen-bond donors (Lipinski definition) is 0. The quantitative estimate of drug-likeness (QED) is 0.772. The topological polar surface area (TPSA) is 16.1 Å². The fourth-order valence-corrected chi connectivity index (χ4v) is 2.57. The van der Waals surface area contributed by atoms with Crippen molar-refractivity contribution in [3.63, 3.8) is 0 Å². The molecule has 1 aromatic heterocycles. The molecule has 1 saturated heterocycles. The van der Waals surface area contributed by atoms with Gasteiger partial charge in [0.05, 0.1) is 0 Å². The zero-order valence-electron chi connectivity index (χ0n) is 10.2. The van der Waals surface area contributed by atoms with Crippen LogP contribution < -0.4 is 0 Å². The molecule has 1 aromatic rings. The van der Waals surface area contributed by atoms with Gasteiger partial charge in [-0.15, -0.1) is 0 Å². The molecule has 1 unspecified atom stereocenters. The Morgan fingerprint density at radius 1 is 1.19 bits per heavy atom. The third kappa shape index (κ3) is 3.60. The van der Waals surface area contributed by atoms with E-state index in [1.54, 1.807) is 0 Å². The molecule has 0 aliphatic carbocycles. The summed E-state index contributed by atoms with van der Waals surface area (Å²) < 4.78 is 0. The van der Waals surface area contributed by atoms with Crippen molar-refractivity contribution in [3.8, 4) is 0 Å². The van der Waals surface area contributed by atoms with Crippen LogP contribution in [0.2, 0.25) is 0 Å². The highest BCUT2D eigenvalue weighted by Gasteiger charge is 2.13. The molecular weight excluding hydrogens is 196 g/mol. The van der Waals surface area contributed by atoms with Gasteiger partial charge in [0.2, 0.25) is 0 Å². The van der Waals surface area contributed by atoms with Gasteiger partial charge in [0.15, 0.2) is 0 Å². The number of likely N-dealkylation sites (tertiary alicyclic amines) is 1. The Morgan fingerprint density at radius 2 is 1.88 bits per heavy atom. The van der Waals surface area contributed by atoms with Crippen LogP contribution in [0.25, 0.3) is 0 Å². The number of pyridine rings is 1. The van der Waals surface area contributed by atoms with E-state index in [0.717, 1.165) is 5.92 Å². The predicted octanol–water partition coefficient (Wildman–Crippen LogP) is 2.75. The normalized spacial score (nSPS) is 19.6. The Bertz CT molecular complexity index is 291. The summed E-state index contributed by atoms with van der Waals surface area (Å²) in [5.41, 5.74) is 1.42. The molecule has 1 aliphatic rings. The van der Waals surface area contributed by atoms with Crippen LogP contribution in [0.1, 0.15) is 31.7 Å². The minimum Gasteiger partial charge on any atom is -0.303 e. The standard InChI is InChI=1S/C14H22N2/c1-13(11-14-5-7-15-8-6-14)12-16-9-3-2-4-10-16/h5-8,13H,2-4,9-12H2,1H3. The van der Waals surface area contributed by atoms with Gasteiger partial charge in [-0.25, -0.2) is 0 Å². The van der Waals surface area contributed by atoms with Crippen molar-refractivity contribution in [1.82, 2.24) is 9.88 Å². The van der Waals surface area contributed by atoms with Gasteiger partial charge < -0.3 is 4.90 Å². The zero-order chi connectivity index (χ0) is 11.2. The number of nitrogens with zero attached hydrogens (tertiary/aromatic N) is 2. The summed E-state index contributed by atoms with van der Waals surface area (Å²) in [4.78, 5) is 6.68. The highest BCUT2D eigenvalue weighted by Crippen LogP contribution is 2.13. The largest absolute Gasteiger partial charge is 0.303 e. The molecular formula is C14H22N2. The van der Waals surface area contributed by atoms with Crippen molar-refractivity contribution in [2.24, 2.45) is 5.92 Å². The maximum atomic E-state index is 4.06. The molecule has 0 bridgehead atoms. The van der Waals surface area contributed by atoms with Gasteiger partial charge in [0, 0.05) is 18.9 Å². The average Bonchev–Trinajstić information content (AvgIpc) is 2.31. The summed E-state index contributed by atoms with van der Waals surface area (Å²) >= 11 is 0. The monoisotopic (exact) mass is 218 g/mol. The van der Waals surface area contributed by atoms with Crippen molar-refractivity contribution in [3.05, 3.63) is 30.1 Å². The smallest absolute Gasteiger partial charge is 0.0270 e. The van der Waals surface area contributed by atoms with Crippen LogP contribution in [0, 0.1) is 5.92 Å².